The first-order valence-corrected chi connectivity index (χ1v) is 6.12. The minimum atomic E-state index is -0.110. The van der Waals surface area contributed by atoms with Crippen LogP contribution in [0, 0.1) is 0 Å². The van der Waals surface area contributed by atoms with Gasteiger partial charge in [-0.25, -0.2) is 0 Å². The van der Waals surface area contributed by atoms with Crippen LogP contribution in [0.5, 0.6) is 0 Å². The maximum Gasteiger partial charge on any atom is 0.0857 e. The molecule has 1 nitrogen and oxygen atoms in total. The van der Waals surface area contributed by atoms with Crippen molar-refractivity contribution in [3.63, 3.8) is 0 Å². The van der Waals surface area contributed by atoms with Crippen molar-refractivity contribution < 1.29 is 4.74 Å². The second-order valence-corrected chi connectivity index (χ2v) is 4.55. The van der Waals surface area contributed by atoms with E-state index in [1.807, 2.05) is 6.07 Å². The van der Waals surface area contributed by atoms with Crippen LogP contribution >= 0.6 is 11.6 Å². The molecule has 1 saturated heterocycles. The van der Waals surface area contributed by atoms with Crippen molar-refractivity contribution in [2.45, 2.75) is 31.3 Å². The van der Waals surface area contributed by atoms with Crippen LogP contribution in [0.2, 0.25) is 0 Å². The van der Waals surface area contributed by atoms with Crippen LogP contribution in [0.4, 0.5) is 0 Å². The molecular formula is C13H17ClO. The van der Waals surface area contributed by atoms with Crippen molar-refractivity contribution >= 4 is 11.6 Å². The topological polar surface area (TPSA) is 9.23 Å². The van der Waals surface area contributed by atoms with Crippen molar-refractivity contribution in [2.24, 2.45) is 0 Å². The minimum Gasteiger partial charge on any atom is -0.373 e. The fourth-order valence-corrected chi connectivity index (χ4v) is 2.48. The lowest BCUT2D eigenvalue weighted by atomic mass is 9.89. The normalized spacial score (nSPS) is 26.5. The lowest BCUT2D eigenvalue weighted by molar-refractivity contribution is -0.0615. The monoisotopic (exact) mass is 224 g/mol. The smallest absolute Gasteiger partial charge is 0.0857 e. The Bertz CT molecular complexity index is 291. The maximum atomic E-state index is 6.06. The molecule has 0 amide bonds. The summed E-state index contributed by atoms with van der Waals surface area (Å²) >= 11 is 6.06. The quantitative estimate of drug-likeness (QED) is 0.715. The van der Waals surface area contributed by atoms with Crippen molar-refractivity contribution in [2.75, 3.05) is 12.5 Å². The minimum absolute atomic E-state index is 0.110. The second-order valence-electron chi connectivity index (χ2n) is 4.28. The fourth-order valence-electron chi connectivity index (χ4n) is 2.17. The Kier molecular flexibility index (Phi) is 3.66. The van der Waals surface area contributed by atoms with Gasteiger partial charge in [0.05, 0.1) is 11.5 Å². The van der Waals surface area contributed by atoms with E-state index >= 15 is 0 Å². The van der Waals surface area contributed by atoms with Crippen molar-refractivity contribution in [1.82, 2.24) is 0 Å². The SMILES string of the molecule is ClCC1(Cc2ccccc2)CCCCO1. The van der Waals surface area contributed by atoms with Gasteiger partial charge in [-0.15, -0.1) is 11.6 Å². The molecule has 1 aliphatic rings. The van der Waals surface area contributed by atoms with E-state index in [-0.39, 0.29) is 5.60 Å². The van der Waals surface area contributed by atoms with Gasteiger partial charge >= 0.3 is 0 Å². The molecule has 0 N–H and O–H groups in total. The van der Waals surface area contributed by atoms with Gasteiger partial charge in [-0.2, -0.15) is 0 Å². The lowest BCUT2D eigenvalue weighted by Gasteiger charge is -2.35. The van der Waals surface area contributed by atoms with E-state index in [1.54, 1.807) is 0 Å². The predicted molar refractivity (Wildman–Crippen MR) is 63.4 cm³/mol. The number of alkyl halides is 1. The summed E-state index contributed by atoms with van der Waals surface area (Å²) in [6, 6.07) is 10.5. The van der Waals surface area contributed by atoms with Gasteiger partial charge in [-0.1, -0.05) is 30.3 Å². The Morgan fingerprint density at radius 1 is 1.20 bits per heavy atom. The number of ether oxygens (including phenoxy) is 1. The molecule has 1 heterocycles. The molecule has 0 radical (unpaired) electrons. The Morgan fingerprint density at radius 3 is 2.60 bits per heavy atom. The number of rotatable bonds is 3. The third-order valence-electron chi connectivity index (χ3n) is 3.05. The maximum absolute atomic E-state index is 6.06. The molecule has 1 unspecified atom stereocenters. The number of benzene rings is 1. The van der Waals surface area contributed by atoms with E-state index < -0.39 is 0 Å². The van der Waals surface area contributed by atoms with Crippen LogP contribution in [0.1, 0.15) is 24.8 Å². The summed E-state index contributed by atoms with van der Waals surface area (Å²) in [4.78, 5) is 0. The summed E-state index contributed by atoms with van der Waals surface area (Å²) in [6.07, 6.45) is 4.44. The standard InChI is InChI=1S/C13H17ClO/c14-11-13(8-4-5-9-15-13)10-12-6-2-1-3-7-12/h1-3,6-7H,4-5,8-11H2. The average Bonchev–Trinajstić information content (AvgIpc) is 2.32. The molecule has 15 heavy (non-hydrogen) atoms. The van der Waals surface area contributed by atoms with Gasteiger partial charge in [-0.05, 0) is 24.8 Å². The molecule has 1 aliphatic heterocycles. The van der Waals surface area contributed by atoms with Crippen LogP contribution in [0.3, 0.4) is 0 Å². The number of hydrogen-bond acceptors (Lipinski definition) is 1. The number of halogens is 1. The van der Waals surface area contributed by atoms with Crippen molar-refractivity contribution in [3.8, 4) is 0 Å². The lowest BCUT2D eigenvalue weighted by Crippen LogP contribution is -2.40. The molecule has 1 atom stereocenters. The fraction of sp³-hybridized carbons (Fsp3) is 0.538. The summed E-state index contributed by atoms with van der Waals surface area (Å²) in [6.45, 7) is 0.861. The largest absolute Gasteiger partial charge is 0.373 e. The van der Waals surface area contributed by atoms with Gasteiger partial charge in [0.1, 0.15) is 0 Å². The molecule has 82 valence electrons. The first-order chi connectivity index (χ1) is 7.35. The first kappa shape index (κ1) is 11.0. The molecule has 1 aromatic rings. The highest BCUT2D eigenvalue weighted by atomic mass is 35.5. The molecule has 0 aromatic heterocycles. The van der Waals surface area contributed by atoms with Gasteiger partial charge in [0.25, 0.3) is 0 Å². The summed E-state index contributed by atoms with van der Waals surface area (Å²) < 4.78 is 5.89. The summed E-state index contributed by atoms with van der Waals surface area (Å²) in [5.74, 6) is 0.599. The van der Waals surface area contributed by atoms with E-state index in [0.29, 0.717) is 5.88 Å². The van der Waals surface area contributed by atoms with E-state index in [2.05, 4.69) is 24.3 Å². The predicted octanol–water partition coefficient (Wildman–Crippen LogP) is 3.41. The van der Waals surface area contributed by atoms with Gasteiger partial charge in [0.15, 0.2) is 0 Å². The van der Waals surface area contributed by atoms with Crippen LogP contribution in [0.25, 0.3) is 0 Å². The summed E-state index contributed by atoms with van der Waals surface area (Å²) in [5.41, 5.74) is 1.21. The zero-order valence-electron chi connectivity index (χ0n) is 8.92. The molecule has 0 bridgehead atoms. The van der Waals surface area contributed by atoms with E-state index in [0.717, 1.165) is 19.4 Å². The highest BCUT2D eigenvalue weighted by Crippen LogP contribution is 2.29. The Morgan fingerprint density at radius 2 is 2.00 bits per heavy atom. The highest BCUT2D eigenvalue weighted by molar-refractivity contribution is 6.18. The summed E-state index contributed by atoms with van der Waals surface area (Å²) in [5, 5.41) is 0. The second kappa shape index (κ2) is 5.00. The third-order valence-corrected chi connectivity index (χ3v) is 3.53. The van der Waals surface area contributed by atoms with E-state index in [1.165, 1.54) is 18.4 Å². The number of hydrogen-bond donors (Lipinski definition) is 0. The third kappa shape index (κ3) is 2.73. The van der Waals surface area contributed by atoms with Crippen molar-refractivity contribution in [3.05, 3.63) is 35.9 Å². The van der Waals surface area contributed by atoms with Gasteiger partial charge in [0.2, 0.25) is 0 Å². The Labute approximate surface area is 96.4 Å². The molecule has 0 aliphatic carbocycles. The molecule has 1 fully saturated rings. The first-order valence-electron chi connectivity index (χ1n) is 5.58. The van der Waals surface area contributed by atoms with Gasteiger partial charge in [-0.3, -0.25) is 0 Å². The van der Waals surface area contributed by atoms with Crippen LogP contribution < -0.4 is 0 Å². The summed E-state index contributed by atoms with van der Waals surface area (Å²) in [7, 11) is 0. The molecule has 2 rings (SSSR count). The molecular weight excluding hydrogens is 208 g/mol. The van der Waals surface area contributed by atoms with Gasteiger partial charge < -0.3 is 4.74 Å². The van der Waals surface area contributed by atoms with E-state index in [4.69, 9.17) is 16.3 Å². The highest BCUT2D eigenvalue weighted by Gasteiger charge is 2.32. The van der Waals surface area contributed by atoms with Crippen LogP contribution in [-0.4, -0.2) is 18.1 Å². The molecule has 0 spiro atoms. The van der Waals surface area contributed by atoms with Crippen molar-refractivity contribution in [1.29, 1.82) is 0 Å². The Hall–Kier alpha value is -0.530. The Balaban J connectivity index is 2.07. The average molecular weight is 225 g/mol. The van der Waals surface area contributed by atoms with Gasteiger partial charge in [0, 0.05) is 13.0 Å². The van der Waals surface area contributed by atoms with Crippen LogP contribution in [0.15, 0.2) is 30.3 Å². The molecule has 2 heteroatoms. The molecule has 1 aromatic carbocycles. The molecule has 0 saturated carbocycles. The zero-order chi connectivity index (χ0) is 10.6. The van der Waals surface area contributed by atoms with E-state index in [9.17, 15) is 0 Å². The zero-order valence-corrected chi connectivity index (χ0v) is 9.67. The van der Waals surface area contributed by atoms with Crippen LogP contribution in [-0.2, 0) is 11.2 Å².